The highest BCUT2D eigenvalue weighted by molar-refractivity contribution is 5.95. The molecular formula is C15H19N3O3. The number of fused-ring (bicyclic) bond motifs is 1. The Hall–Kier alpha value is -1.95. The standard InChI is InChI=1S/C15H19N3O3/c1-9-7-11(5-6-13(9)18(20)21)17-15(19)14-12-4-2-3-10(12)8-16-14/h5-7,10,12,14,16H,2-4,8H2,1H3,(H,17,19). The molecule has 1 aliphatic heterocycles. The lowest BCUT2D eigenvalue weighted by Crippen LogP contribution is -2.39. The molecule has 112 valence electrons. The smallest absolute Gasteiger partial charge is 0.272 e. The first kappa shape index (κ1) is 14.0. The molecule has 0 bridgehead atoms. The van der Waals surface area contributed by atoms with E-state index < -0.39 is 4.92 Å². The van der Waals surface area contributed by atoms with Crippen LogP contribution < -0.4 is 10.6 Å². The number of nitro benzene ring substituents is 1. The molecule has 21 heavy (non-hydrogen) atoms. The van der Waals surface area contributed by atoms with Crippen molar-refractivity contribution in [3.8, 4) is 0 Å². The molecule has 1 saturated heterocycles. The van der Waals surface area contributed by atoms with E-state index in [-0.39, 0.29) is 17.6 Å². The van der Waals surface area contributed by atoms with Gasteiger partial charge >= 0.3 is 0 Å². The number of nitrogens with zero attached hydrogens (tertiary/aromatic N) is 1. The predicted molar refractivity (Wildman–Crippen MR) is 79.1 cm³/mol. The summed E-state index contributed by atoms with van der Waals surface area (Å²) in [6.45, 7) is 2.59. The molecule has 3 unspecified atom stereocenters. The first-order valence-electron chi connectivity index (χ1n) is 7.35. The summed E-state index contributed by atoms with van der Waals surface area (Å²) in [5.74, 6) is 1.03. The molecule has 6 heteroatoms. The van der Waals surface area contributed by atoms with Crippen LogP contribution in [0.1, 0.15) is 24.8 Å². The Labute approximate surface area is 123 Å². The Morgan fingerprint density at radius 2 is 2.24 bits per heavy atom. The van der Waals surface area contributed by atoms with E-state index in [1.165, 1.54) is 18.9 Å². The van der Waals surface area contributed by atoms with Crippen molar-refractivity contribution in [3.63, 3.8) is 0 Å². The summed E-state index contributed by atoms with van der Waals surface area (Å²) < 4.78 is 0. The van der Waals surface area contributed by atoms with Gasteiger partial charge in [0.05, 0.1) is 11.0 Å². The lowest BCUT2D eigenvalue weighted by atomic mass is 9.93. The van der Waals surface area contributed by atoms with Gasteiger partial charge in [0.2, 0.25) is 5.91 Å². The summed E-state index contributed by atoms with van der Waals surface area (Å²) >= 11 is 0. The van der Waals surface area contributed by atoms with Gasteiger partial charge in [0.25, 0.3) is 5.69 Å². The third-order valence-corrected chi connectivity index (χ3v) is 4.69. The normalized spacial score (nSPS) is 27.4. The molecule has 2 aliphatic rings. The second kappa shape index (κ2) is 5.44. The van der Waals surface area contributed by atoms with Crippen LogP contribution >= 0.6 is 0 Å². The molecule has 2 fully saturated rings. The van der Waals surface area contributed by atoms with Crippen LogP contribution in [-0.2, 0) is 4.79 Å². The summed E-state index contributed by atoms with van der Waals surface area (Å²) in [6.07, 6.45) is 3.52. The van der Waals surface area contributed by atoms with E-state index in [0.717, 1.165) is 13.0 Å². The van der Waals surface area contributed by atoms with Gasteiger partial charge < -0.3 is 10.6 Å². The Balaban J connectivity index is 1.70. The minimum absolute atomic E-state index is 0.0300. The molecule has 1 saturated carbocycles. The summed E-state index contributed by atoms with van der Waals surface area (Å²) in [7, 11) is 0. The summed E-state index contributed by atoms with van der Waals surface area (Å²) in [5.41, 5.74) is 1.24. The molecule has 0 aromatic heterocycles. The quantitative estimate of drug-likeness (QED) is 0.660. The monoisotopic (exact) mass is 289 g/mol. The zero-order valence-corrected chi connectivity index (χ0v) is 12.0. The van der Waals surface area contributed by atoms with E-state index in [0.29, 0.717) is 23.1 Å². The number of hydrogen-bond acceptors (Lipinski definition) is 4. The van der Waals surface area contributed by atoms with E-state index in [2.05, 4.69) is 10.6 Å². The number of carbonyl (C=O) groups excluding carboxylic acids is 1. The van der Waals surface area contributed by atoms with Gasteiger partial charge in [-0.25, -0.2) is 0 Å². The van der Waals surface area contributed by atoms with Crippen molar-refractivity contribution in [1.82, 2.24) is 5.32 Å². The van der Waals surface area contributed by atoms with Crippen molar-refractivity contribution < 1.29 is 9.72 Å². The van der Waals surface area contributed by atoms with Crippen molar-refractivity contribution in [1.29, 1.82) is 0 Å². The maximum absolute atomic E-state index is 12.4. The molecule has 2 N–H and O–H groups in total. The van der Waals surface area contributed by atoms with Gasteiger partial charge in [-0.2, -0.15) is 0 Å². The van der Waals surface area contributed by atoms with Gasteiger partial charge in [0.15, 0.2) is 0 Å². The first-order valence-corrected chi connectivity index (χ1v) is 7.35. The van der Waals surface area contributed by atoms with Crippen LogP contribution in [0.25, 0.3) is 0 Å². The number of nitrogens with one attached hydrogen (secondary N) is 2. The molecule has 6 nitrogen and oxygen atoms in total. The van der Waals surface area contributed by atoms with Gasteiger partial charge in [-0.1, -0.05) is 6.42 Å². The van der Waals surface area contributed by atoms with Crippen LogP contribution in [-0.4, -0.2) is 23.4 Å². The van der Waals surface area contributed by atoms with Crippen molar-refractivity contribution in [2.24, 2.45) is 11.8 Å². The molecule has 0 spiro atoms. The third kappa shape index (κ3) is 2.63. The molecular weight excluding hydrogens is 270 g/mol. The number of hydrogen-bond donors (Lipinski definition) is 2. The second-order valence-corrected chi connectivity index (χ2v) is 5.99. The topological polar surface area (TPSA) is 84.3 Å². The number of nitro groups is 1. The van der Waals surface area contributed by atoms with Crippen molar-refractivity contribution in [2.75, 3.05) is 11.9 Å². The summed E-state index contributed by atoms with van der Waals surface area (Å²) in [4.78, 5) is 22.8. The largest absolute Gasteiger partial charge is 0.325 e. The fourth-order valence-electron chi connectivity index (χ4n) is 3.63. The number of carbonyl (C=O) groups is 1. The highest BCUT2D eigenvalue weighted by Gasteiger charge is 2.42. The summed E-state index contributed by atoms with van der Waals surface area (Å²) in [6, 6.07) is 4.54. The van der Waals surface area contributed by atoms with E-state index in [1.54, 1.807) is 19.1 Å². The number of aryl methyl sites for hydroxylation is 1. The minimum atomic E-state index is -0.414. The molecule has 1 aromatic carbocycles. The first-order chi connectivity index (χ1) is 10.1. The average molecular weight is 289 g/mol. The maximum atomic E-state index is 12.4. The maximum Gasteiger partial charge on any atom is 0.272 e. The van der Waals surface area contributed by atoms with Crippen molar-refractivity contribution >= 4 is 17.3 Å². The summed E-state index contributed by atoms with van der Waals surface area (Å²) in [5, 5.41) is 17.0. The number of amides is 1. The van der Waals surface area contributed by atoms with Crippen LogP contribution in [0.4, 0.5) is 11.4 Å². The van der Waals surface area contributed by atoms with Gasteiger partial charge in [-0.05, 0) is 50.3 Å². The zero-order chi connectivity index (χ0) is 15.0. The Morgan fingerprint density at radius 3 is 2.95 bits per heavy atom. The molecule has 1 aromatic rings. The zero-order valence-electron chi connectivity index (χ0n) is 12.0. The highest BCUT2D eigenvalue weighted by atomic mass is 16.6. The number of rotatable bonds is 3. The third-order valence-electron chi connectivity index (χ3n) is 4.69. The predicted octanol–water partition coefficient (Wildman–Crippen LogP) is 2.23. The lowest BCUT2D eigenvalue weighted by molar-refractivity contribution is -0.385. The van der Waals surface area contributed by atoms with E-state index in [9.17, 15) is 14.9 Å². The van der Waals surface area contributed by atoms with Crippen LogP contribution in [0, 0.1) is 28.9 Å². The lowest BCUT2D eigenvalue weighted by Gasteiger charge is -2.17. The van der Waals surface area contributed by atoms with Crippen LogP contribution in [0.15, 0.2) is 18.2 Å². The van der Waals surface area contributed by atoms with Crippen molar-refractivity contribution in [2.45, 2.75) is 32.2 Å². The highest BCUT2D eigenvalue weighted by Crippen LogP contribution is 2.38. The SMILES string of the molecule is Cc1cc(NC(=O)C2NCC3CCCC32)ccc1[N+](=O)[O-]. The van der Waals surface area contributed by atoms with E-state index in [1.807, 2.05) is 0 Å². The number of benzene rings is 1. The van der Waals surface area contributed by atoms with Gasteiger partial charge in [-0.3, -0.25) is 14.9 Å². The fourth-order valence-corrected chi connectivity index (χ4v) is 3.63. The average Bonchev–Trinajstić information content (AvgIpc) is 3.00. The molecule has 1 heterocycles. The molecule has 3 rings (SSSR count). The molecule has 3 atom stereocenters. The van der Waals surface area contributed by atoms with Gasteiger partial charge in [0.1, 0.15) is 0 Å². The van der Waals surface area contributed by atoms with Crippen LogP contribution in [0.2, 0.25) is 0 Å². The van der Waals surface area contributed by atoms with E-state index >= 15 is 0 Å². The molecule has 1 amide bonds. The van der Waals surface area contributed by atoms with E-state index in [4.69, 9.17) is 0 Å². The Kier molecular flexibility index (Phi) is 3.63. The number of anilines is 1. The second-order valence-electron chi connectivity index (χ2n) is 5.99. The van der Waals surface area contributed by atoms with Crippen LogP contribution in [0.3, 0.4) is 0 Å². The van der Waals surface area contributed by atoms with Crippen molar-refractivity contribution in [3.05, 3.63) is 33.9 Å². The molecule has 0 radical (unpaired) electrons. The minimum Gasteiger partial charge on any atom is -0.325 e. The van der Waals surface area contributed by atoms with Crippen LogP contribution in [0.5, 0.6) is 0 Å². The Bertz CT molecular complexity index is 588. The van der Waals surface area contributed by atoms with Gasteiger partial charge in [-0.15, -0.1) is 0 Å². The Morgan fingerprint density at radius 1 is 1.43 bits per heavy atom. The fraction of sp³-hybridized carbons (Fsp3) is 0.533. The molecule has 1 aliphatic carbocycles. The van der Waals surface area contributed by atoms with Gasteiger partial charge in [0, 0.05) is 17.3 Å².